The number of likely N-dealkylation sites (tertiary alicyclic amines) is 1. The summed E-state index contributed by atoms with van der Waals surface area (Å²) in [5, 5.41) is 1.28. The number of nitrogens with zero attached hydrogens (tertiary/aromatic N) is 1. The number of hydrogen-bond acceptors (Lipinski definition) is 4. The summed E-state index contributed by atoms with van der Waals surface area (Å²) in [5.74, 6) is 0. The average molecular weight is 207 g/mol. The Morgan fingerprint density at radius 1 is 1.09 bits per heavy atom. The lowest BCUT2D eigenvalue weighted by atomic mass is 10.1. The molecule has 0 bridgehead atoms. The molecule has 64 valence electrons. The molecule has 2 rings (SSSR count). The molecule has 1 atom stereocenters. The highest BCUT2D eigenvalue weighted by molar-refractivity contribution is 8.82. The summed E-state index contributed by atoms with van der Waals surface area (Å²) in [5.41, 5.74) is 0. The molecule has 0 spiro atoms. The van der Waals surface area contributed by atoms with Crippen molar-refractivity contribution in [3.05, 3.63) is 0 Å². The zero-order valence-electron chi connectivity index (χ0n) is 6.49. The van der Waals surface area contributed by atoms with Crippen LogP contribution in [0.1, 0.15) is 19.3 Å². The average Bonchev–Trinajstić information content (AvgIpc) is 2.58. The van der Waals surface area contributed by atoms with Crippen LogP contribution < -0.4 is 0 Å². The standard InChI is InChI=1S/C7H13NS3/c1-2-4-8(5-3-1)7-9-6-10-11-7/h7H,1-6H2. The quantitative estimate of drug-likeness (QED) is 0.608. The summed E-state index contributed by atoms with van der Waals surface area (Å²) in [6, 6.07) is 0. The minimum absolute atomic E-state index is 0.778. The molecule has 2 heterocycles. The van der Waals surface area contributed by atoms with Crippen LogP contribution in [0.15, 0.2) is 0 Å². The molecule has 2 aliphatic heterocycles. The van der Waals surface area contributed by atoms with Gasteiger partial charge in [0.05, 0.1) is 5.08 Å². The van der Waals surface area contributed by atoms with E-state index in [1.807, 2.05) is 10.8 Å². The molecule has 0 aliphatic carbocycles. The molecule has 0 aromatic rings. The molecule has 4 heteroatoms. The second-order valence-corrected chi connectivity index (χ2v) is 7.08. The second-order valence-electron chi connectivity index (χ2n) is 2.90. The number of rotatable bonds is 1. The van der Waals surface area contributed by atoms with E-state index in [2.05, 4.69) is 27.5 Å². The number of thioether (sulfide) groups is 1. The van der Waals surface area contributed by atoms with Gasteiger partial charge >= 0.3 is 0 Å². The van der Waals surface area contributed by atoms with Crippen LogP contribution in [0.4, 0.5) is 0 Å². The fourth-order valence-corrected chi connectivity index (χ4v) is 6.71. The van der Waals surface area contributed by atoms with Crippen LogP contribution >= 0.6 is 33.3 Å². The molecule has 2 saturated heterocycles. The summed E-state index contributed by atoms with van der Waals surface area (Å²) in [7, 11) is 4.07. The summed E-state index contributed by atoms with van der Waals surface area (Å²) in [6.45, 7) is 2.68. The molecule has 0 saturated carbocycles. The van der Waals surface area contributed by atoms with Crippen LogP contribution in [-0.2, 0) is 0 Å². The Bertz CT molecular complexity index is 119. The minimum Gasteiger partial charge on any atom is -0.282 e. The monoisotopic (exact) mass is 207 g/mol. The van der Waals surface area contributed by atoms with E-state index in [1.54, 1.807) is 0 Å². The molecular formula is C7H13NS3. The van der Waals surface area contributed by atoms with Gasteiger partial charge in [-0.15, -0.1) is 11.8 Å². The Balaban J connectivity index is 1.82. The highest BCUT2D eigenvalue weighted by atomic mass is 33.1. The van der Waals surface area contributed by atoms with E-state index in [9.17, 15) is 0 Å². The molecule has 0 radical (unpaired) electrons. The normalized spacial score (nSPS) is 34.4. The predicted molar refractivity (Wildman–Crippen MR) is 56.9 cm³/mol. The van der Waals surface area contributed by atoms with Gasteiger partial charge in [-0.1, -0.05) is 28.0 Å². The molecule has 2 aliphatic rings. The molecule has 0 amide bonds. The highest BCUT2D eigenvalue weighted by Gasteiger charge is 2.25. The Hall–Kier alpha value is 1.01. The van der Waals surface area contributed by atoms with Crippen LogP contribution in [0.2, 0.25) is 0 Å². The molecule has 1 unspecified atom stereocenters. The summed E-state index contributed by atoms with van der Waals surface area (Å²) in [4.78, 5) is 2.64. The topological polar surface area (TPSA) is 3.24 Å². The minimum atomic E-state index is 0.778. The van der Waals surface area contributed by atoms with E-state index >= 15 is 0 Å². The summed E-state index contributed by atoms with van der Waals surface area (Å²) in [6.07, 6.45) is 4.29. The smallest absolute Gasteiger partial charge is 0.114 e. The van der Waals surface area contributed by atoms with E-state index in [0.717, 1.165) is 4.71 Å². The Morgan fingerprint density at radius 3 is 2.55 bits per heavy atom. The lowest BCUT2D eigenvalue weighted by molar-refractivity contribution is 0.253. The molecular weight excluding hydrogens is 194 g/mol. The van der Waals surface area contributed by atoms with Gasteiger partial charge < -0.3 is 0 Å². The van der Waals surface area contributed by atoms with Gasteiger partial charge in [0.15, 0.2) is 0 Å². The van der Waals surface area contributed by atoms with E-state index in [0.29, 0.717) is 0 Å². The van der Waals surface area contributed by atoms with Crippen molar-refractivity contribution >= 4 is 33.3 Å². The maximum atomic E-state index is 2.64. The zero-order valence-corrected chi connectivity index (χ0v) is 8.94. The van der Waals surface area contributed by atoms with Crippen molar-refractivity contribution in [1.29, 1.82) is 0 Å². The van der Waals surface area contributed by atoms with Gasteiger partial charge in [-0.05, 0) is 12.8 Å². The highest BCUT2D eigenvalue weighted by Crippen LogP contribution is 2.46. The zero-order chi connectivity index (χ0) is 7.52. The first-order valence-electron chi connectivity index (χ1n) is 4.11. The van der Waals surface area contributed by atoms with Crippen molar-refractivity contribution in [2.24, 2.45) is 0 Å². The van der Waals surface area contributed by atoms with Crippen molar-refractivity contribution < 1.29 is 0 Å². The third-order valence-electron chi connectivity index (χ3n) is 2.10. The largest absolute Gasteiger partial charge is 0.282 e. The van der Waals surface area contributed by atoms with Gasteiger partial charge in [-0.2, -0.15) is 0 Å². The number of hydrogen-bond donors (Lipinski definition) is 0. The maximum absolute atomic E-state index is 2.64. The van der Waals surface area contributed by atoms with Gasteiger partial charge in [0.25, 0.3) is 0 Å². The Labute approximate surface area is 80.4 Å². The third kappa shape index (κ3) is 2.23. The van der Waals surface area contributed by atoms with Crippen LogP contribution in [0, 0.1) is 0 Å². The lowest BCUT2D eigenvalue weighted by Gasteiger charge is -2.30. The molecule has 1 nitrogen and oxygen atoms in total. The van der Waals surface area contributed by atoms with Crippen molar-refractivity contribution in [3.63, 3.8) is 0 Å². The summed E-state index contributed by atoms with van der Waals surface area (Å²) >= 11 is 2.10. The van der Waals surface area contributed by atoms with Gasteiger partial charge in [0, 0.05) is 13.1 Å². The van der Waals surface area contributed by atoms with E-state index in [-0.39, 0.29) is 0 Å². The SMILES string of the molecule is C1CCN(C2SCSS2)CC1. The first-order chi connectivity index (χ1) is 5.47. The first kappa shape index (κ1) is 8.60. The van der Waals surface area contributed by atoms with E-state index < -0.39 is 0 Å². The molecule has 11 heavy (non-hydrogen) atoms. The van der Waals surface area contributed by atoms with E-state index in [4.69, 9.17) is 0 Å². The molecule has 0 aromatic heterocycles. The maximum Gasteiger partial charge on any atom is 0.114 e. The molecule has 0 N–H and O–H groups in total. The van der Waals surface area contributed by atoms with Crippen LogP contribution in [0.25, 0.3) is 0 Å². The van der Waals surface area contributed by atoms with Crippen molar-refractivity contribution in [2.75, 3.05) is 18.2 Å². The van der Waals surface area contributed by atoms with Crippen molar-refractivity contribution in [1.82, 2.24) is 4.90 Å². The second kappa shape index (κ2) is 4.30. The van der Waals surface area contributed by atoms with Crippen LogP contribution in [0.5, 0.6) is 0 Å². The molecule has 0 aromatic carbocycles. The van der Waals surface area contributed by atoms with Gasteiger partial charge in [0.2, 0.25) is 0 Å². The third-order valence-corrected chi connectivity index (χ3v) is 7.09. The summed E-state index contributed by atoms with van der Waals surface area (Å²) < 4.78 is 0.778. The van der Waals surface area contributed by atoms with Crippen molar-refractivity contribution in [3.8, 4) is 0 Å². The Kier molecular flexibility index (Phi) is 3.37. The van der Waals surface area contributed by atoms with Gasteiger partial charge in [-0.3, -0.25) is 4.90 Å². The van der Waals surface area contributed by atoms with Crippen molar-refractivity contribution in [2.45, 2.75) is 24.0 Å². The fourth-order valence-electron chi connectivity index (χ4n) is 1.50. The van der Waals surface area contributed by atoms with Crippen LogP contribution in [-0.4, -0.2) is 27.8 Å². The van der Waals surface area contributed by atoms with E-state index in [1.165, 1.54) is 37.4 Å². The van der Waals surface area contributed by atoms with Crippen LogP contribution in [0.3, 0.4) is 0 Å². The lowest BCUT2D eigenvalue weighted by Crippen LogP contribution is -2.34. The Morgan fingerprint density at radius 2 is 1.91 bits per heavy atom. The predicted octanol–water partition coefficient (Wildman–Crippen LogP) is 2.84. The number of piperidine rings is 1. The fraction of sp³-hybridized carbons (Fsp3) is 1.00. The van der Waals surface area contributed by atoms with Gasteiger partial charge in [-0.25, -0.2) is 0 Å². The molecule has 2 fully saturated rings. The first-order valence-corrected chi connectivity index (χ1v) is 7.54. The van der Waals surface area contributed by atoms with Gasteiger partial charge in [0.1, 0.15) is 4.71 Å².